The van der Waals surface area contributed by atoms with Gasteiger partial charge in [0.15, 0.2) is 0 Å². The summed E-state index contributed by atoms with van der Waals surface area (Å²) in [5.41, 5.74) is -0.210. The summed E-state index contributed by atoms with van der Waals surface area (Å²) in [6.45, 7) is 1.60. The zero-order valence-electron chi connectivity index (χ0n) is 16.7. The molecular weight excluding hydrogens is 461 g/mol. The largest absolute Gasteiger partial charge is 0.418 e. The Bertz CT molecular complexity index is 1120. The normalized spacial score (nSPS) is 12.2. The van der Waals surface area contributed by atoms with Crippen LogP contribution in [0.15, 0.2) is 77.7 Å². The van der Waals surface area contributed by atoms with Crippen LogP contribution in [0.5, 0.6) is 0 Å². The van der Waals surface area contributed by atoms with Crippen molar-refractivity contribution in [2.24, 2.45) is 0 Å². The van der Waals surface area contributed by atoms with E-state index in [-0.39, 0.29) is 11.6 Å². The van der Waals surface area contributed by atoms with Crippen molar-refractivity contribution in [1.82, 2.24) is 0 Å². The molecule has 0 heterocycles. The third-order valence-corrected chi connectivity index (χ3v) is 5.72. The summed E-state index contributed by atoms with van der Waals surface area (Å²) >= 11 is 7.08. The highest BCUT2D eigenvalue weighted by Gasteiger charge is 2.33. The Labute approximate surface area is 192 Å². The van der Waals surface area contributed by atoms with Crippen LogP contribution < -0.4 is 10.6 Å². The van der Waals surface area contributed by atoms with Gasteiger partial charge in [0, 0.05) is 21.2 Å². The van der Waals surface area contributed by atoms with Crippen LogP contribution in [0.4, 0.5) is 24.5 Å². The number of hydrogen-bond acceptors (Lipinski definition) is 3. The standard InChI is InChI=1S/C23H18ClF3N2O2S/c1-14(21(30)29-20-8-3-2-7-19(20)23(25,26)27)32-18-11-9-17(10-12-18)28-22(31)15-5-4-6-16(24)13-15/h2-14H,1H3,(H,28,31)(H,29,30). The molecule has 0 aromatic heterocycles. The van der Waals surface area contributed by atoms with Gasteiger partial charge in [-0.25, -0.2) is 0 Å². The Morgan fingerprint density at radius 2 is 1.62 bits per heavy atom. The second kappa shape index (κ2) is 10.1. The molecule has 166 valence electrons. The molecule has 0 saturated heterocycles. The van der Waals surface area contributed by atoms with Gasteiger partial charge in [0.2, 0.25) is 5.91 Å². The second-order valence-electron chi connectivity index (χ2n) is 6.78. The Morgan fingerprint density at radius 1 is 0.938 bits per heavy atom. The lowest BCUT2D eigenvalue weighted by Gasteiger charge is -2.16. The van der Waals surface area contributed by atoms with Crippen LogP contribution in [-0.2, 0) is 11.0 Å². The van der Waals surface area contributed by atoms with Crippen molar-refractivity contribution in [3.8, 4) is 0 Å². The summed E-state index contributed by atoms with van der Waals surface area (Å²) in [6.07, 6.45) is -4.56. The van der Waals surface area contributed by atoms with Crippen molar-refractivity contribution < 1.29 is 22.8 Å². The van der Waals surface area contributed by atoms with E-state index in [1.807, 2.05) is 0 Å². The van der Waals surface area contributed by atoms with E-state index < -0.39 is 22.9 Å². The van der Waals surface area contributed by atoms with Gasteiger partial charge in [-0.05, 0) is 61.5 Å². The molecule has 0 fully saturated rings. The van der Waals surface area contributed by atoms with E-state index in [2.05, 4.69) is 10.6 Å². The highest BCUT2D eigenvalue weighted by Crippen LogP contribution is 2.35. The molecule has 3 aromatic rings. The van der Waals surface area contributed by atoms with Crippen LogP contribution in [0.2, 0.25) is 5.02 Å². The molecule has 1 atom stereocenters. The quantitative estimate of drug-likeness (QED) is 0.386. The molecule has 3 rings (SSSR count). The summed E-state index contributed by atoms with van der Waals surface area (Å²) in [7, 11) is 0. The highest BCUT2D eigenvalue weighted by atomic mass is 35.5. The number of alkyl halides is 3. The summed E-state index contributed by atoms with van der Waals surface area (Å²) in [5, 5.41) is 4.90. The third kappa shape index (κ3) is 6.27. The number of carbonyl (C=O) groups excluding carboxylic acids is 2. The van der Waals surface area contributed by atoms with Crippen molar-refractivity contribution in [3.05, 3.63) is 88.9 Å². The first-order chi connectivity index (χ1) is 15.1. The van der Waals surface area contributed by atoms with Gasteiger partial charge in [0.25, 0.3) is 5.91 Å². The summed E-state index contributed by atoms with van der Waals surface area (Å²) in [5.74, 6) is -0.867. The number of carbonyl (C=O) groups is 2. The molecule has 0 aliphatic rings. The average Bonchev–Trinajstić information content (AvgIpc) is 2.74. The van der Waals surface area contributed by atoms with Crippen LogP contribution in [-0.4, -0.2) is 17.1 Å². The SMILES string of the molecule is CC(Sc1ccc(NC(=O)c2cccc(Cl)c2)cc1)C(=O)Nc1ccccc1C(F)(F)F. The van der Waals surface area contributed by atoms with Gasteiger partial charge in [-0.3, -0.25) is 9.59 Å². The van der Waals surface area contributed by atoms with Crippen molar-refractivity contribution in [2.75, 3.05) is 10.6 Å². The number of nitrogens with one attached hydrogen (secondary N) is 2. The molecule has 0 spiro atoms. The maximum atomic E-state index is 13.1. The molecule has 4 nitrogen and oxygen atoms in total. The first kappa shape index (κ1) is 23.7. The highest BCUT2D eigenvalue weighted by molar-refractivity contribution is 8.00. The molecular formula is C23H18ClF3N2O2S. The first-order valence-corrected chi connectivity index (χ1v) is 10.7. The molecule has 3 aromatic carbocycles. The van der Waals surface area contributed by atoms with E-state index in [1.165, 1.54) is 30.0 Å². The number of amides is 2. The number of anilines is 2. The predicted molar refractivity (Wildman–Crippen MR) is 121 cm³/mol. The van der Waals surface area contributed by atoms with E-state index in [4.69, 9.17) is 11.6 Å². The minimum absolute atomic E-state index is 0.281. The molecule has 0 aliphatic carbocycles. The third-order valence-electron chi connectivity index (χ3n) is 4.37. The Morgan fingerprint density at radius 3 is 2.28 bits per heavy atom. The predicted octanol–water partition coefficient (Wildman–Crippen LogP) is 6.73. The maximum Gasteiger partial charge on any atom is 0.418 e. The fourth-order valence-electron chi connectivity index (χ4n) is 2.78. The average molecular weight is 479 g/mol. The van der Waals surface area contributed by atoms with Crippen LogP contribution in [0.3, 0.4) is 0 Å². The Balaban J connectivity index is 1.60. The van der Waals surface area contributed by atoms with E-state index in [1.54, 1.807) is 55.5 Å². The molecule has 0 aliphatic heterocycles. The fourth-order valence-corrected chi connectivity index (χ4v) is 3.84. The van der Waals surface area contributed by atoms with Gasteiger partial charge in [0.05, 0.1) is 16.5 Å². The van der Waals surface area contributed by atoms with E-state index in [0.29, 0.717) is 16.3 Å². The van der Waals surface area contributed by atoms with Gasteiger partial charge in [-0.2, -0.15) is 13.2 Å². The molecule has 0 bridgehead atoms. The second-order valence-corrected chi connectivity index (χ2v) is 8.63. The lowest BCUT2D eigenvalue weighted by molar-refractivity contribution is -0.137. The smallest absolute Gasteiger partial charge is 0.325 e. The number of thioether (sulfide) groups is 1. The summed E-state index contributed by atoms with van der Waals surface area (Å²) in [4.78, 5) is 25.4. The molecule has 2 N–H and O–H groups in total. The molecule has 9 heteroatoms. The number of benzene rings is 3. The van der Waals surface area contributed by atoms with Gasteiger partial charge in [-0.1, -0.05) is 29.8 Å². The van der Waals surface area contributed by atoms with E-state index in [9.17, 15) is 22.8 Å². The number of hydrogen-bond donors (Lipinski definition) is 2. The van der Waals surface area contributed by atoms with Gasteiger partial charge < -0.3 is 10.6 Å². The van der Waals surface area contributed by atoms with Gasteiger partial charge in [-0.15, -0.1) is 11.8 Å². The van der Waals surface area contributed by atoms with E-state index in [0.717, 1.165) is 11.0 Å². The molecule has 1 unspecified atom stereocenters. The zero-order chi connectivity index (χ0) is 23.3. The summed E-state index contributed by atoms with van der Waals surface area (Å²) in [6, 6.07) is 18.2. The van der Waals surface area contributed by atoms with Crippen molar-refractivity contribution in [3.63, 3.8) is 0 Å². The minimum Gasteiger partial charge on any atom is -0.325 e. The molecule has 0 radical (unpaired) electrons. The van der Waals surface area contributed by atoms with E-state index >= 15 is 0 Å². The number of halogens is 4. The van der Waals surface area contributed by atoms with Crippen LogP contribution in [0.25, 0.3) is 0 Å². The molecule has 0 saturated carbocycles. The number of rotatable bonds is 6. The number of para-hydroxylation sites is 1. The van der Waals surface area contributed by atoms with Crippen molar-refractivity contribution in [1.29, 1.82) is 0 Å². The van der Waals surface area contributed by atoms with Gasteiger partial charge >= 0.3 is 6.18 Å². The van der Waals surface area contributed by atoms with Gasteiger partial charge in [0.1, 0.15) is 0 Å². The molecule has 2 amide bonds. The van der Waals surface area contributed by atoms with Crippen LogP contribution >= 0.6 is 23.4 Å². The lowest BCUT2D eigenvalue weighted by Crippen LogP contribution is -2.24. The minimum atomic E-state index is -4.56. The van der Waals surface area contributed by atoms with Crippen LogP contribution in [0.1, 0.15) is 22.8 Å². The monoisotopic (exact) mass is 478 g/mol. The Kier molecular flexibility index (Phi) is 7.48. The van der Waals surface area contributed by atoms with Crippen molar-refractivity contribution >= 4 is 46.6 Å². The topological polar surface area (TPSA) is 58.2 Å². The Hall–Kier alpha value is -2.97. The van der Waals surface area contributed by atoms with Crippen molar-refractivity contribution in [2.45, 2.75) is 23.2 Å². The zero-order valence-corrected chi connectivity index (χ0v) is 18.3. The lowest BCUT2D eigenvalue weighted by atomic mass is 10.1. The van der Waals surface area contributed by atoms with Crippen LogP contribution in [0, 0.1) is 0 Å². The fraction of sp³-hybridized carbons (Fsp3) is 0.130. The molecule has 32 heavy (non-hydrogen) atoms. The first-order valence-electron chi connectivity index (χ1n) is 9.44. The summed E-state index contributed by atoms with van der Waals surface area (Å²) < 4.78 is 39.3. The maximum absolute atomic E-state index is 13.1.